The second-order valence-electron chi connectivity index (χ2n) is 4.97. The summed E-state index contributed by atoms with van der Waals surface area (Å²) in [4.78, 5) is 12.1. The summed E-state index contributed by atoms with van der Waals surface area (Å²) in [5.41, 5.74) is 0.527. The maximum atomic E-state index is 12.1. The van der Waals surface area contributed by atoms with E-state index in [2.05, 4.69) is 6.92 Å². The smallest absolute Gasteiger partial charge is 0.187 e. The molecule has 0 bridgehead atoms. The molecule has 2 heteroatoms. The highest BCUT2D eigenvalue weighted by molar-refractivity contribution is 5.97. The van der Waals surface area contributed by atoms with Gasteiger partial charge in [-0.15, -0.1) is 0 Å². The third-order valence-electron chi connectivity index (χ3n) is 3.34. The summed E-state index contributed by atoms with van der Waals surface area (Å²) in [5.74, 6) is 0.879. The minimum atomic E-state index is -0.524. The van der Waals surface area contributed by atoms with Gasteiger partial charge in [-0.25, -0.2) is 0 Å². The molecule has 0 N–H and O–H groups in total. The number of rotatable bonds is 3. The molecule has 1 aliphatic rings. The Balaban J connectivity index is 2.77. The Kier molecular flexibility index (Phi) is 4.09. The zero-order valence-electron chi connectivity index (χ0n) is 10.3. The van der Waals surface area contributed by atoms with Crippen LogP contribution in [-0.4, -0.2) is 18.5 Å². The van der Waals surface area contributed by atoms with E-state index in [1.54, 1.807) is 13.2 Å². The molecule has 1 fully saturated rings. The summed E-state index contributed by atoms with van der Waals surface area (Å²) in [6.07, 6.45) is 5.65. The summed E-state index contributed by atoms with van der Waals surface area (Å²) in [6.45, 7) is 6.14. The van der Waals surface area contributed by atoms with E-state index in [-0.39, 0.29) is 5.78 Å². The second-order valence-corrected chi connectivity index (χ2v) is 4.97. The Morgan fingerprint density at radius 3 is 2.27 bits per heavy atom. The Bertz CT molecular complexity index is 254. The molecule has 0 atom stereocenters. The molecule has 0 aromatic heterocycles. The highest BCUT2D eigenvalue weighted by Gasteiger charge is 2.39. The molecule has 86 valence electrons. The zero-order chi connectivity index (χ0) is 11.5. The maximum absolute atomic E-state index is 12.1. The van der Waals surface area contributed by atoms with E-state index in [0.29, 0.717) is 0 Å². The van der Waals surface area contributed by atoms with Crippen molar-refractivity contribution < 1.29 is 9.53 Å². The lowest BCUT2D eigenvalue weighted by atomic mass is 9.77. The number of hydrogen-bond acceptors (Lipinski definition) is 2. The normalized spacial score (nSPS) is 31.1. The summed E-state index contributed by atoms with van der Waals surface area (Å²) in [6, 6.07) is 0. The van der Waals surface area contributed by atoms with E-state index >= 15 is 0 Å². The van der Waals surface area contributed by atoms with Crippen molar-refractivity contribution in [3.05, 3.63) is 11.6 Å². The average Bonchev–Trinajstić information content (AvgIpc) is 2.18. The SMILES string of the molecule is COC1(C(=O)C=C(C)C)CCC(C)CC1. The molecule has 0 aromatic carbocycles. The monoisotopic (exact) mass is 210 g/mol. The minimum absolute atomic E-state index is 0.150. The Hall–Kier alpha value is -0.630. The predicted molar refractivity (Wildman–Crippen MR) is 61.8 cm³/mol. The van der Waals surface area contributed by atoms with Gasteiger partial charge in [-0.3, -0.25) is 4.79 Å². The number of hydrogen-bond donors (Lipinski definition) is 0. The van der Waals surface area contributed by atoms with E-state index in [9.17, 15) is 4.79 Å². The van der Waals surface area contributed by atoms with Crippen molar-refractivity contribution in [3.63, 3.8) is 0 Å². The fourth-order valence-corrected chi connectivity index (χ4v) is 2.17. The summed E-state index contributed by atoms with van der Waals surface area (Å²) < 4.78 is 5.50. The number of ether oxygens (including phenoxy) is 1. The third kappa shape index (κ3) is 2.91. The van der Waals surface area contributed by atoms with Crippen LogP contribution in [0.2, 0.25) is 0 Å². The minimum Gasteiger partial charge on any atom is -0.370 e. The van der Waals surface area contributed by atoms with Crippen molar-refractivity contribution in [2.75, 3.05) is 7.11 Å². The quantitative estimate of drug-likeness (QED) is 0.669. The predicted octanol–water partition coefficient (Wildman–Crippen LogP) is 3.12. The van der Waals surface area contributed by atoms with Crippen LogP contribution in [-0.2, 0) is 9.53 Å². The Morgan fingerprint density at radius 2 is 1.87 bits per heavy atom. The van der Waals surface area contributed by atoms with Crippen LogP contribution in [0.5, 0.6) is 0 Å². The van der Waals surface area contributed by atoms with Crippen LogP contribution in [0.15, 0.2) is 11.6 Å². The first-order valence-corrected chi connectivity index (χ1v) is 5.74. The third-order valence-corrected chi connectivity index (χ3v) is 3.34. The van der Waals surface area contributed by atoms with Gasteiger partial charge in [0.2, 0.25) is 0 Å². The van der Waals surface area contributed by atoms with Crippen molar-refractivity contribution in [2.24, 2.45) is 5.92 Å². The molecule has 0 aromatic rings. The molecule has 0 spiro atoms. The topological polar surface area (TPSA) is 26.3 Å². The van der Waals surface area contributed by atoms with Gasteiger partial charge in [0.25, 0.3) is 0 Å². The standard InChI is InChI=1S/C13H22O2/c1-10(2)9-12(14)13(15-4)7-5-11(3)6-8-13/h9,11H,5-8H2,1-4H3. The lowest BCUT2D eigenvalue weighted by Crippen LogP contribution is -2.43. The summed E-state index contributed by atoms with van der Waals surface area (Å²) in [7, 11) is 1.66. The fourth-order valence-electron chi connectivity index (χ4n) is 2.17. The molecule has 0 unspecified atom stereocenters. The highest BCUT2D eigenvalue weighted by Crippen LogP contribution is 2.35. The average molecular weight is 210 g/mol. The number of carbonyl (C=O) groups excluding carboxylic acids is 1. The van der Waals surface area contributed by atoms with Gasteiger partial charge in [0.15, 0.2) is 5.78 Å². The van der Waals surface area contributed by atoms with Gasteiger partial charge in [-0.05, 0) is 51.5 Å². The lowest BCUT2D eigenvalue weighted by Gasteiger charge is -2.36. The van der Waals surface area contributed by atoms with Gasteiger partial charge in [0.05, 0.1) is 0 Å². The van der Waals surface area contributed by atoms with E-state index in [4.69, 9.17) is 4.74 Å². The van der Waals surface area contributed by atoms with Crippen molar-refractivity contribution in [3.8, 4) is 0 Å². The van der Waals surface area contributed by atoms with Crippen LogP contribution >= 0.6 is 0 Å². The van der Waals surface area contributed by atoms with E-state index in [0.717, 1.165) is 37.2 Å². The van der Waals surface area contributed by atoms with Crippen molar-refractivity contribution >= 4 is 5.78 Å². The zero-order valence-corrected chi connectivity index (χ0v) is 10.3. The Labute approximate surface area is 92.7 Å². The molecular formula is C13H22O2. The van der Waals surface area contributed by atoms with Gasteiger partial charge >= 0.3 is 0 Å². The second kappa shape index (κ2) is 4.93. The molecule has 2 nitrogen and oxygen atoms in total. The van der Waals surface area contributed by atoms with Crippen molar-refractivity contribution in [1.82, 2.24) is 0 Å². The van der Waals surface area contributed by atoms with Crippen molar-refractivity contribution in [1.29, 1.82) is 0 Å². The first-order chi connectivity index (χ1) is 7.00. The number of carbonyl (C=O) groups is 1. The van der Waals surface area contributed by atoms with Crippen LogP contribution in [0, 0.1) is 5.92 Å². The van der Waals surface area contributed by atoms with Crippen molar-refractivity contribution in [2.45, 2.75) is 52.1 Å². The molecule has 15 heavy (non-hydrogen) atoms. The van der Waals surface area contributed by atoms with E-state index < -0.39 is 5.60 Å². The van der Waals surface area contributed by atoms with Crippen LogP contribution in [0.25, 0.3) is 0 Å². The van der Waals surface area contributed by atoms with Crippen LogP contribution in [0.4, 0.5) is 0 Å². The van der Waals surface area contributed by atoms with Gasteiger partial charge in [0, 0.05) is 7.11 Å². The van der Waals surface area contributed by atoms with Crippen LogP contribution in [0.3, 0.4) is 0 Å². The number of methoxy groups -OCH3 is 1. The first kappa shape index (κ1) is 12.4. The lowest BCUT2D eigenvalue weighted by molar-refractivity contribution is -0.140. The molecule has 1 rings (SSSR count). The highest BCUT2D eigenvalue weighted by atomic mass is 16.5. The van der Waals surface area contributed by atoms with Gasteiger partial charge < -0.3 is 4.74 Å². The van der Waals surface area contributed by atoms with E-state index in [1.807, 2.05) is 13.8 Å². The number of allylic oxidation sites excluding steroid dienone is 1. The Morgan fingerprint density at radius 1 is 1.33 bits per heavy atom. The molecule has 0 radical (unpaired) electrons. The molecule has 1 saturated carbocycles. The summed E-state index contributed by atoms with van der Waals surface area (Å²) >= 11 is 0. The maximum Gasteiger partial charge on any atom is 0.187 e. The molecule has 0 heterocycles. The molecule has 1 aliphatic carbocycles. The number of ketones is 1. The molecule has 0 aliphatic heterocycles. The fraction of sp³-hybridized carbons (Fsp3) is 0.769. The van der Waals surface area contributed by atoms with Gasteiger partial charge in [-0.2, -0.15) is 0 Å². The molecular weight excluding hydrogens is 188 g/mol. The van der Waals surface area contributed by atoms with E-state index in [1.165, 1.54) is 0 Å². The first-order valence-electron chi connectivity index (χ1n) is 5.74. The summed E-state index contributed by atoms with van der Waals surface area (Å²) in [5, 5.41) is 0. The largest absolute Gasteiger partial charge is 0.370 e. The molecule has 0 saturated heterocycles. The molecule has 0 amide bonds. The van der Waals surface area contributed by atoms with Gasteiger partial charge in [-0.1, -0.05) is 12.5 Å². The van der Waals surface area contributed by atoms with Gasteiger partial charge in [0.1, 0.15) is 5.60 Å². The van der Waals surface area contributed by atoms with Crippen LogP contribution in [0.1, 0.15) is 46.5 Å². The van der Waals surface area contributed by atoms with Crippen LogP contribution < -0.4 is 0 Å².